The van der Waals surface area contributed by atoms with E-state index in [-0.39, 0.29) is 0 Å². The molecule has 2 aromatic rings. The first-order chi connectivity index (χ1) is 10.2. The fraction of sp³-hybridized carbons (Fsp3) is 0.316. The Balaban J connectivity index is 2.03. The summed E-state index contributed by atoms with van der Waals surface area (Å²) in [6.45, 7) is 2.07. The van der Waals surface area contributed by atoms with Gasteiger partial charge in [0.15, 0.2) is 5.54 Å². The maximum atomic E-state index is 9.92. The van der Waals surface area contributed by atoms with Crippen molar-refractivity contribution < 1.29 is 0 Å². The molecule has 1 atom stereocenters. The Hall–Kier alpha value is -2.27. The summed E-state index contributed by atoms with van der Waals surface area (Å²) in [5, 5.41) is 13.4. The molecule has 0 saturated heterocycles. The second kappa shape index (κ2) is 5.61. The topological polar surface area (TPSA) is 35.8 Å². The van der Waals surface area contributed by atoms with Gasteiger partial charge in [0.2, 0.25) is 0 Å². The summed E-state index contributed by atoms with van der Waals surface area (Å²) in [6.07, 6.45) is 4.14. The summed E-state index contributed by atoms with van der Waals surface area (Å²) < 4.78 is 0. The van der Waals surface area contributed by atoms with Crippen molar-refractivity contribution in [3.8, 4) is 6.07 Å². The lowest BCUT2D eigenvalue weighted by atomic mass is 9.85. The Morgan fingerprint density at radius 3 is 2.57 bits per heavy atom. The summed E-state index contributed by atoms with van der Waals surface area (Å²) in [5.41, 5.74) is 4.08. The SMILES string of the molecule is Cc1ccc(NC2(C#N)CCCCc3ccccc32)cc1. The smallest absolute Gasteiger partial charge is 0.151 e. The van der Waals surface area contributed by atoms with Gasteiger partial charge in [-0.3, -0.25) is 0 Å². The first-order valence-corrected chi connectivity index (χ1v) is 7.58. The molecule has 106 valence electrons. The second-order valence-electron chi connectivity index (χ2n) is 5.87. The standard InChI is InChI=1S/C19H20N2/c1-15-9-11-17(12-10-15)21-19(14-20)13-5-4-7-16-6-2-3-8-18(16)19/h2-3,6,8-12,21H,4-5,7,13H2,1H3. The number of anilines is 1. The van der Waals surface area contributed by atoms with Crippen LogP contribution >= 0.6 is 0 Å². The fourth-order valence-corrected chi connectivity index (χ4v) is 3.15. The number of fused-ring (bicyclic) bond motifs is 1. The Morgan fingerprint density at radius 2 is 1.81 bits per heavy atom. The predicted molar refractivity (Wildman–Crippen MR) is 86.1 cm³/mol. The molecular weight excluding hydrogens is 256 g/mol. The monoisotopic (exact) mass is 276 g/mol. The first kappa shape index (κ1) is 13.7. The van der Waals surface area contributed by atoms with Gasteiger partial charge in [0.1, 0.15) is 0 Å². The molecule has 0 amide bonds. The number of aryl methyl sites for hydroxylation is 2. The minimum absolute atomic E-state index is 0.609. The van der Waals surface area contributed by atoms with Crippen LogP contribution in [0, 0.1) is 18.3 Å². The number of rotatable bonds is 2. The van der Waals surface area contributed by atoms with Gasteiger partial charge < -0.3 is 5.32 Å². The van der Waals surface area contributed by atoms with Crippen LogP contribution in [0.3, 0.4) is 0 Å². The third-order valence-electron chi connectivity index (χ3n) is 4.33. The summed E-state index contributed by atoms with van der Waals surface area (Å²) in [7, 11) is 0. The Morgan fingerprint density at radius 1 is 1.05 bits per heavy atom. The van der Waals surface area contributed by atoms with Gasteiger partial charge in [-0.1, -0.05) is 42.0 Å². The van der Waals surface area contributed by atoms with Gasteiger partial charge in [-0.25, -0.2) is 0 Å². The maximum absolute atomic E-state index is 9.92. The van der Waals surface area contributed by atoms with Crippen LogP contribution in [0.1, 0.15) is 36.0 Å². The van der Waals surface area contributed by atoms with E-state index in [1.807, 2.05) is 6.07 Å². The quantitative estimate of drug-likeness (QED) is 0.817. The molecular formula is C19H20N2. The van der Waals surface area contributed by atoms with Crippen LogP contribution in [0.25, 0.3) is 0 Å². The number of benzene rings is 2. The van der Waals surface area contributed by atoms with E-state index >= 15 is 0 Å². The average Bonchev–Trinajstić information content (AvgIpc) is 2.70. The Kier molecular flexibility index (Phi) is 3.66. The van der Waals surface area contributed by atoms with Gasteiger partial charge in [-0.2, -0.15) is 5.26 Å². The van der Waals surface area contributed by atoms with E-state index in [1.165, 1.54) is 11.1 Å². The highest BCUT2D eigenvalue weighted by atomic mass is 15.0. The van der Waals surface area contributed by atoms with Gasteiger partial charge >= 0.3 is 0 Å². The molecule has 2 aromatic carbocycles. The van der Waals surface area contributed by atoms with E-state index in [0.717, 1.165) is 36.9 Å². The van der Waals surface area contributed by atoms with Crippen LogP contribution < -0.4 is 5.32 Å². The van der Waals surface area contributed by atoms with E-state index in [2.05, 4.69) is 60.8 Å². The highest BCUT2D eigenvalue weighted by Gasteiger charge is 2.35. The Labute approximate surface area is 126 Å². The maximum Gasteiger partial charge on any atom is 0.151 e. The highest BCUT2D eigenvalue weighted by molar-refractivity contribution is 5.53. The molecule has 2 nitrogen and oxygen atoms in total. The molecule has 0 radical (unpaired) electrons. The van der Waals surface area contributed by atoms with E-state index in [9.17, 15) is 5.26 Å². The fourth-order valence-electron chi connectivity index (χ4n) is 3.15. The molecule has 0 aromatic heterocycles. The number of nitriles is 1. The summed E-state index contributed by atoms with van der Waals surface area (Å²) in [6, 6.07) is 19.2. The van der Waals surface area contributed by atoms with Crippen LogP contribution in [-0.2, 0) is 12.0 Å². The van der Waals surface area contributed by atoms with E-state index in [1.54, 1.807) is 0 Å². The zero-order valence-electron chi connectivity index (χ0n) is 12.4. The number of hydrogen-bond donors (Lipinski definition) is 1. The predicted octanol–water partition coefficient (Wildman–Crippen LogP) is 4.55. The highest BCUT2D eigenvalue weighted by Crippen LogP contribution is 2.36. The summed E-state index contributed by atoms with van der Waals surface area (Å²) in [4.78, 5) is 0. The molecule has 21 heavy (non-hydrogen) atoms. The van der Waals surface area contributed by atoms with Crippen molar-refractivity contribution >= 4 is 5.69 Å². The van der Waals surface area contributed by atoms with E-state index in [0.29, 0.717) is 0 Å². The molecule has 0 spiro atoms. The third-order valence-corrected chi connectivity index (χ3v) is 4.33. The molecule has 1 aliphatic rings. The normalized spacial score (nSPS) is 21.0. The van der Waals surface area contributed by atoms with Crippen molar-refractivity contribution in [1.29, 1.82) is 5.26 Å². The van der Waals surface area contributed by atoms with Crippen molar-refractivity contribution in [1.82, 2.24) is 0 Å². The summed E-state index contributed by atoms with van der Waals surface area (Å²) >= 11 is 0. The number of nitrogens with zero attached hydrogens (tertiary/aromatic N) is 1. The van der Waals surface area contributed by atoms with Crippen LogP contribution in [0.2, 0.25) is 0 Å². The van der Waals surface area contributed by atoms with E-state index in [4.69, 9.17) is 0 Å². The second-order valence-corrected chi connectivity index (χ2v) is 5.87. The number of hydrogen-bond acceptors (Lipinski definition) is 2. The van der Waals surface area contributed by atoms with Crippen LogP contribution in [0.5, 0.6) is 0 Å². The molecule has 0 bridgehead atoms. The molecule has 1 unspecified atom stereocenters. The van der Waals surface area contributed by atoms with Crippen molar-refractivity contribution in [2.45, 2.75) is 38.1 Å². The molecule has 0 heterocycles. The lowest BCUT2D eigenvalue weighted by molar-refractivity contribution is 0.547. The molecule has 0 saturated carbocycles. The molecule has 3 rings (SSSR count). The van der Waals surface area contributed by atoms with Crippen LogP contribution in [-0.4, -0.2) is 0 Å². The molecule has 0 fully saturated rings. The zero-order chi connectivity index (χ0) is 14.7. The van der Waals surface area contributed by atoms with Crippen molar-refractivity contribution in [2.75, 3.05) is 5.32 Å². The lowest BCUT2D eigenvalue weighted by Gasteiger charge is -2.30. The molecule has 2 heteroatoms. The third kappa shape index (κ3) is 2.64. The lowest BCUT2D eigenvalue weighted by Crippen LogP contribution is -2.34. The van der Waals surface area contributed by atoms with Crippen molar-refractivity contribution in [3.05, 3.63) is 65.2 Å². The van der Waals surface area contributed by atoms with E-state index < -0.39 is 5.54 Å². The minimum atomic E-state index is -0.609. The summed E-state index contributed by atoms with van der Waals surface area (Å²) in [5.74, 6) is 0. The molecule has 0 aliphatic heterocycles. The van der Waals surface area contributed by atoms with Gasteiger partial charge in [-0.15, -0.1) is 0 Å². The van der Waals surface area contributed by atoms with Gasteiger partial charge in [0.05, 0.1) is 6.07 Å². The molecule has 1 N–H and O–H groups in total. The molecule has 1 aliphatic carbocycles. The minimum Gasteiger partial charge on any atom is -0.364 e. The first-order valence-electron chi connectivity index (χ1n) is 7.58. The van der Waals surface area contributed by atoms with Crippen LogP contribution in [0.15, 0.2) is 48.5 Å². The van der Waals surface area contributed by atoms with Gasteiger partial charge in [-0.05, 0) is 55.9 Å². The average molecular weight is 276 g/mol. The van der Waals surface area contributed by atoms with Gasteiger partial charge in [0, 0.05) is 5.69 Å². The zero-order valence-corrected chi connectivity index (χ0v) is 12.4. The Bertz CT molecular complexity index is 667. The van der Waals surface area contributed by atoms with Crippen LogP contribution in [0.4, 0.5) is 5.69 Å². The van der Waals surface area contributed by atoms with Crippen molar-refractivity contribution in [2.24, 2.45) is 0 Å². The largest absolute Gasteiger partial charge is 0.364 e. The number of nitrogens with one attached hydrogen (secondary N) is 1. The van der Waals surface area contributed by atoms with Gasteiger partial charge in [0.25, 0.3) is 0 Å². The van der Waals surface area contributed by atoms with Crippen molar-refractivity contribution in [3.63, 3.8) is 0 Å².